The lowest BCUT2D eigenvalue weighted by Gasteiger charge is -2.29. The van der Waals surface area contributed by atoms with Crippen molar-refractivity contribution >= 4 is 39.4 Å². The number of aromatic amines is 1. The maximum Gasteiger partial charge on any atom is 0.491 e. The van der Waals surface area contributed by atoms with Crippen LogP contribution in [0.3, 0.4) is 0 Å². The zero-order valence-corrected chi connectivity index (χ0v) is 22.0. The van der Waals surface area contributed by atoms with E-state index in [1.807, 2.05) is 7.05 Å². The van der Waals surface area contributed by atoms with Crippen molar-refractivity contribution in [3.8, 4) is 22.8 Å². The van der Waals surface area contributed by atoms with Crippen LogP contribution in [-0.4, -0.2) is 59.0 Å². The second-order valence-electron chi connectivity index (χ2n) is 9.71. The molecule has 0 unspecified atom stereocenters. The van der Waals surface area contributed by atoms with Gasteiger partial charge in [-0.2, -0.15) is 18.3 Å². The van der Waals surface area contributed by atoms with Crippen molar-refractivity contribution in [2.24, 2.45) is 5.92 Å². The van der Waals surface area contributed by atoms with E-state index in [2.05, 4.69) is 24.8 Å². The van der Waals surface area contributed by atoms with Gasteiger partial charge in [0.15, 0.2) is 5.65 Å². The lowest BCUT2D eigenvalue weighted by atomic mass is 9.93. The number of aromatic nitrogens is 3. The molecule has 0 spiro atoms. The van der Waals surface area contributed by atoms with Crippen LogP contribution in [0, 0.1) is 5.92 Å². The van der Waals surface area contributed by atoms with Crippen LogP contribution in [-0.2, 0) is 18.1 Å². The van der Waals surface area contributed by atoms with Crippen LogP contribution in [0.25, 0.3) is 33.1 Å². The molecule has 1 aliphatic rings. The standard InChI is InChI=1S/C27H24ClF5N4O3/c1-37-6-4-14(5-7-37)13-39-21-9-16(10-29)22-23(17(21)11-30)18-12-34-36-25(18)35-24(22)15-2-3-20(19(28)8-15)40-26(38)27(31,32)33/h2-3,8-9,12,14H,4-7,10-11,13H2,1H3,(H,34,35,36). The maximum absolute atomic E-state index is 14.7. The Bertz CT molecular complexity index is 1570. The van der Waals surface area contributed by atoms with Gasteiger partial charge < -0.3 is 14.4 Å². The fraction of sp³-hybridized carbons (Fsp3) is 0.370. The summed E-state index contributed by atoms with van der Waals surface area (Å²) in [5.41, 5.74) is 1.12. The summed E-state index contributed by atoms with van der Waals surface area (Å²) >= 11 is 6.15. The molecule has 0 aliphatic carbocycles. The van der Waals surface area contributed by atoms with Crippen LogP contribution in [0.15, 0.2) is 30.5 Å². The van der Waals surface area contributed by atoms with Crippen molar-refractivity contribution in [3.05, 3.63) is 46.6 Å². The van der Waals surface area contributed by atoms with Gasteiger partial charge in [0.05, 0.1) is 23.5 Å². The number of nitrogens with one attached hydrogen (secondary N) is 1. The molecule has 7 nitrogen and oxygen atoms in total. The molecule has 0 atom stereocenters. The van der Waals surface area contributed by atoms with E-state index in [-0.39, 0.29) is 50.1 Å². The molecule has 3 heterocycles. The first-order valence-electron chi connectivity index (χ1n) is 12.4. The second-order valence-corrected chi connectivity index (χ2v) is 10.1. The largest absolute Gasteiger partial charge is 0.493 e. The average molecular weight is 583 g/mol. The quantitative estimate of drug-likeness (QED) is 0.151. The van der Waals surface area contributed by atoms with Gasteiger partial charge in [0.2, 0.25) is 0 Å². The summed E-state index contributed by atoms with van der Waals surface area (Å²) in [6.45, 7) is 0.374. The van der Waals surface area contributed by atoms with Gasteiger partial charge in [-0.15, -0.1) is 0 Å². The molecule has 0 bridgehead atoms. The van der Waals surface area contributed by atoms with Crippen LogP contribution in [0.2, 0.25) is 5.02 Å². The van der Waals surface area contributed by atoms with E-state index in [4.69, 9.17) is 16.3 Å². The number of alkyl halides is 5. The maximum atomic E-state index is 14.7. The third-order valence-corrected chi connectivity index (χ3v) is 7.35. The third-order valence-electron chi connectivity index (χ3n) is 7.05. The first kappa shape index (κ1) is 28.0. The number of piperidine rings is 1. The minimum atomic E-state index is -5.21. The third kappa shape index (κ3) is 5.42. The number of ether oxygens (including phenoxy) is 2. The molecule has 0 amide bonds. The minimum Gasteiger partial charge on any atom is -0.493 e. The molecule has 5 rings (SSSR count). The smallest absolute Gasteiger partial charge is 0.491 e. The molecular formula is C27H24ClF5N4O3. The van der Waals surface area contributed by atoms with Crippen molar-refractivity contribution in [1.29, 1.82) is 0 Å². The molecule has 40 heavy (non-hydrogen) atoms. The molecule has 212 valence electrons. The molecule has 0 saturated carbocycles. The summed E-state index contributed by atoms with van der Waals surface area (Å²) in [5, 5.41) is 7.54. The minimum absolute atomic E-state index is 0.180. The van der Waals surface area contributed by atoms with Gasteiger partial charge in [-0.1, -0.05) is 11.6 Å². The Hall–Kier alpha value is -3.51. The van der Waals surface area contributed by atoms with E-state index >= 15 is 0 Å². The average Bonchev–Trinajstić information content (AvgIpc) is 3.41. The van der Waals surface area contributed by atoms with E-state index in [9.17, 15) is 26.7 Å². The number of benzene rings is 2. The fourth-order valence-electron chi connectivity index (χ4n) is 4.94. The highest BCUT2D eigenvalue weighted by Gasteiger charge is 2.41. The van der Waals surface area contributed by atoms with Gasteiger partial charge in [0.25, 0.3) is 0 Å². The summed E-state index contributed by atoms with van der Waals surface area (Å²) in [6.07, 6.45) is -1.89. The summed E-state index contributed by atoms with van der Waals surface area (Å²) in [7, 11) is 2.05. The highest BCUT2D eigenvalue weighted by atomic mass is 35.5. The van der Waals surface area contributed by atoms with Crippen LogP contribution in [0.5, 0.6) is 11.5 Å². The molecular weight excluding hydrogens is 559 g/mol. The Morgan fingerprint density at radius 3 is 2.52 bits per heavy atom. The van der Waals surface area contributed by atoms with Gasteiger partial charge in [-0.05, 0) is 68.7 Å². The predicted octanol–water partition coefficient (Wildman–Crippen LogP) is 6.56. The summed E-state index contributed by atoms with van der Waals surface area (Å²) in [6, 6.07) is 5.11. The normalized spacial score (nSPS) is 15.2. The second kappa shape index (κ2) is 11.2. The number of hydrogen-bond donors (Lipinski definition) is 1. The fourth-order valence-corrected chi connectivity index (χ4v) is 5.15. The number of H-pyrrole nitrogens is 1. The van der Waals surface area contributed by atoms with E-state index < -0.39 is 31.2 Å². The summed E-state index contributed by atoms with van der Waals surface area (Å²) in [5.74, 6) is -2.43. The summed E-state index contributed by atoms with van der Waals surface area (Å²) in [4.78, 5) is 18.0. The van der Waals surface area contributed by atoms with Crippen molar-refractivity contribution < 1.29 is 36.2 Å². The Morgan fingerprint density at radius 2 is 1.88 bits per heavy atom. The van der Waals surface area contributed by atoms with Gasteiger partial charge >= 0.3 is 12.1 Å². The van der Waals surface area contributed by atoms with Crippen LogP contribution in [0.4, 0.5) is 22.0 Å². The first-order chi connectivity index (χ1) is 19.1. The molecule has 2 aromatic carbocycles. The van der Waals surface area contributed by atoms with Crippen LogP contribution in [0.1, 0.15) is 24.0 Å². The predicted molar refractivity (Wildman–Crippen MR) is 139 cm³/mol. The van der Waals surface area contributed by atoms with E-state index in [1.54, 1.807) is 0 Å². The number of halogens is 6. The first-order valence-corrected chi connectivity index (χ1v) is 12.8. The Labute approximate surface area is 230 Å². The topological polar surface area (TPSA) is 80.3 Å². The van der Waals surface area contributed by atoms with Gasteiger partial charge in [0, 0.05) is 27.3 Å². The molecule has 1 fully saturated rings. The molecule has 13 heteroatoms. The van der Waals surface area contributed by atoms with Gasteiger partial charge in [-0.25, -0.2) is 18.6 Å². The van der Waals surface area contributed by atoms with E-state index in [0.717, 1.165) is 32.0 Å². The molecule has 4 aromatic rings. The van der Waals surface area contributed by atoms with Crippen LogP contribution < -0.4 is 9.47 Å². The molecule has 1 aliphatic heterocycles. The zero-order valence-electron chi connectivity index (χ0n) is 21.2. The number of nitrogens with zero attached hydrogens (tertiary/aromatic N) is 3. The molecule has 0 radical (unpaired) electrons. The number of hydrogen-bond acceptors (Lipinski definition) is 6. The van der Waals surface area contributed by atoms with Crippen LogP contribution >= 0.6 is 11.6 Å². The Morgan fingerprint density at radius 1 is 1.12 bits per heavy atom. The summed E-state index contributed by atoms with van der Waals surface area (Å²) < 4.78 is 77.6. The van der Waals surface area contributed by atoms with Gasteiger partial charge in [-0.3, -0.25) is 5.10 Å². The number of esters is 1. The Balaban J connectivity index is 1.61. The van der Waals surface area contributed by atoms with E-state index in [1.165, 1.54) is 24.4 Å². The van der Waals surface area contributed by atoms with Crippen molar-refractivity contribution in [1.82, 2.24) is 20.1 Å². The number of fused-ring (bicyclic) bond motifs is 3. The number of rotatable bonds is 7. The van der Waals surface area contributed by atoms with Crippen molar-refractivity contribution in [2.75, 3.05) is 26.7 Å². The van der Waals surface area contributed by atoms with Gasteiger partial charge in [0.1, 0.15) is 24.8 Å². The highest BCUT2D eigenvalue weighted by molar-refractivity contribution is 6.32. The molecule has 1 N–H and O–H groups in total. The number of pyridine rings is 1. The number of likely N-dealkylation sites (tertiary alicyclic amines) is 1. The van der Waals surface area contributed by atoms with E-state index in [0.29, 0.717) is 17.4 Å². The molecule has 1 saturated heterocycles. The van der Waals surface area contributed by atoms with Crippen molar-refractivity contribution in [3.63, 3.8) is 0 Å². The number of carbonyl (C=O) groups is 1. The molecule has 2 aromatic heterocycles. The zero-order chi connectivity index (χ0) is 28.6. The SMILES string of the molecule is CN1CCC(COc2cc(CF)c3c(-c4ccc(OC(=O)C(F)(F)F)c(Cl)c4)nc4[nH]ncc4c3c2CF)CC1. The lowest BCUT2D eigenvalue weighted by molar-refractivity contribution is -0.189. The monoisotopic (exact) mass is 582 g/mol. The Kier molecular flexibility index (Phi) is 7.83. The highest BCUT2D eigenvalue weighted by Crippen LogP contribution is 2.42. The van der Waals surface area contributed by atoms with Crippen molar-refractivity contribution in [2.45, 2.75) is 32.4 Å². The number of carbonyl (C=O) groups excluding carboxylic acids is 1. The lowest BCUT2D eigenvalue weighted by Crippen LogP contribution is -2.32.